The Morgan fingerprint density at radius 2 is 1.15 bits per heavy atom. The van der Waals surface area contributed by atoms with Crippen LogP contribution in [0.25, 0.3) is 0 Å². The fourth-order valence-corrected chi connectivity index (χ4v) is 7.79. The van der Waals surface area contributed by atoms with Crippen molar-refractivity contribution in [3.63, 3.8) is 0 Å². The largest absolute Gasteiger partial charge is 0.444 e. The monoisotopic (exact) mass is 367 g/mol. The minimum atomic E-state index is -5.23. The van der Waals surface area contributed by atoms with Gasteiger partial charge in [0.1, 0.15) is 0 Å². The van der Waals surface area contributed by atoms with Crippen LogP contribution >= 0.6 is 0 Å². The van der Waals surface area contributed by atoms with Gasteiger partial charge in [0.15, 0.2) is 0 Å². The maximum atomic E-state index is 12.5. The van der Waals surface area contributed by atoms with Gasteiger partial charge >= 0.3 is 44.5 Å². The summed E-state index contributed by atoms with van der Waals surface area (Å²) in [5.74, 6) is -15.2. The third kappa shape index (κ3) is 6.60. The van der Waals surface area contributed by atoms with Gasteiger partial charge in [0.2, 0.25) is 0 Å². The first-order valence-corrected chi connectivity index (χ1v) is 9.82. The highest BCUT2D eigenvalue weighted by molar-refractivity contribution is 6.77. The Labute approximate surface area is 113 Å². The molecule has 0 spiro atoms. The average molecular weight is 367 g/mol. The molecule has 0 aliphatic rings. The summed E-state index contributed by atoms with van der Waals surface area (Å²) in [6.07, 6.45) is 0. The second-order valence-electron chi connectivity index (χ2n) is 3.38. The van der Waals surface area contributed by atoms with Gasteiger partial charge in [-0.2, -0.15) is 39.5 Å². The van der Waals surface area contributed by atoms with E-state index in [2.05, 4.69) is 8.54 Å². The maximum absolute atomic E-state index is 12.5. The van der Waals surface area contributed by atoms with Crippen molar-refractivity contribution in [1.29, 1.82) is 0 Å². The zero-order valence-electron chi connectivity index (χ0n) is 9.93. The molecule has 0 atom stereocenters. The van der Waals surface area contributed by atoms with Crippen LogP contribution in [-0.4, -0.2) is 51.6 Å². The molecular weight excluding hydrogens is 359 g/mol. The third-order valence-corrected chi connectivity index (χ3v) is 9.21. The van der Waals surface area contributed by atoms with E-state index in [4.69, 9.17) is 0 Å². The van der Waals surface area contributed by atoms with Crippen LogP contribution in [0.5, 0.6) is 0 Å². The molecule has 0 aliphatic carbocycles. The molecule has 0 N–H and O–H groups in total. The average Bonchev–Trinajstić information content (AvgIpc) is 2.18. The van der Waals surface area contributed by atoms with Gasteiger partial charge in [-0.1, -0.05) is 0 Å². The minimum absolute atomic E-state index is 0.411. The number of hydrogen-bond acceptors (Lipinski definition) is 2. The van der Waals surface area contributed by atoms with E-state index in [1.165, 1.54) is 0 Å². The van der Waals surface area contributed by atoms with E-state index in [0.717, 1.165) is 0 Å². The van der Waals surface area contributed by atoms with E-state index < -0.39 is 50.2 Å². The van der Waals surface area contributed by atoms with Crippen molar-refractivity contribution in [3.05, 3.63) is 0 Å². The highest BCUT2D eigenvalue weighted by atomic mass is 28.4. The van der Waals surface area contributed by atoms with Crippen LogP contribution in [0.3, 0.4) is 0 Å². The van der Waals surface area contributed by atoms with Gasteiger partial charge in [-0.15, -0.1) is 0 Å². The summed E-state index contributed by atoms with van der Waals surface area (Å²) >= 11 is 0. The topological polar surface area (TPSA) is 18.5 Å². The van der Waals surface area contributed by atoms with Crippen molar-refractivity contribution >= 4 is 27.1 Å². The van der Waals surface area contributed by atoms with Crippen LogP contribution < -0.4 is 0 Å². The van der Waals surface area contributed by atoms with Crippen LogP contribution in [0, 0.1) is 0 Å². The van der Waals surface area contributed by atoms with Gasteiger partial charge in [0.25, 0.3) is 0 Å². The van der Waals surface area contributed by atoms with Gasteiger partial charge < -0.3 is 8.54 Å². The highest BCUT2D eigenvalue weighted by Crippen LogP contribution is 2.31. The molecule has 0 aliphatic heterocycles. The molecule has 0 heterocycles. The molecule has 0 saturated carbocycles. The number of rotatable bonds is 5. The summed E-state index contributed by atoms with van der Waals surface area (Å²) in [5, 5.41) is 0. The smallest absolute Gasteiger partial charge is 0.388 e. The van der Waals surface area contributed by atoms with E-state index in [0.29, 0.717) is 13.7 Å². The van der Waals surface area contributed by atoms with Crippen molar-refractivity contribution in [2.75, 3.05) is 7.11 Å². The summed E-state index contributed by atoms with van der Waals surface area (Å²) in [7, 11) is -11.5. The Hall–Kier alpha value is -0.0594. The van der Waals surface area contributed by atoms with Crippen LogP contribution in [0.1, 0.15) is 0 Å². The predicted octanol–water partition coefficient (Wildman–Crippen LogP) is 3.10. The Morgan fingerprint density at radius 1 is 0.750 bits per heavy atom. The van der Waals surface area contributed by atoms with Gasteiger partial charge in [-0.3, -0.25) is 0 Å². The molecule has 0 fully saturated rings. The maximum Gasteiger partial charge on any atom is 0.388 e. The number of hydrogen-bond donors (Lipinski definition) is 0. The van der Waals surface area contributed by atoms with Gasteiger partial charge in [0.05, 0.1) is 0 Å². The number of halogens is 9. The summed E-state index contributed by atoms with van der Waals surface area (Å²) in [5.41, 5.74) is -1.59. The van der Waals surface area contributed by atoms with Crippen molar-refractivity contribution < 1.29 is 48.1 Å². The Morgan fingerprint density at radius 3 is 1.40 bits per heavy atom. The molecule has 2 nitrogen and oxygen atoms in total. The summed E-state index contributed by atoms with van der Waals surface area (Å²) in [4.78, 5) is 0. The van der Waals surface area contributed by atoms with E-state index in [9.17, 15) is 39.5 Å². The lowest BCUT2D eigenvalue weighted by Gasteiger charge is -2.25. The highest BCUT2D eigenvalue weighted by Gasteiger charge is 2.56. The second kappa shape index (κ2) is 6.80. The fourth-order valence-electron chi connectivity index (χ4n) is 0.871. The van der Waals surface area contributed by atoms with Crippen LogP contribution in [-0.2, 0) is 8.54 Å². The molecule has 0 bridgehead atoms. The number of alkyl halides is 9. The van der Waals surface area contributed by atoms with E-state index >= 15 is 0 Å². The summed E-state index contributed by atoms with van der Waals surface area (Å²) in [6.45, 7) is 0.411. The molecule has 14 heteroatoms. The molecule has 119 valence electrons. The van der Waals surface area contributed by atoms with E-state index in [-0.39, 0.29) is 0 Å². The zero-order valence-corrected chi connectivity index (χ0v) is 12.9. The molecule has 0 aromatic rings. The van der Waals surface area contributed by atoms with Crippen LogP contribution in [0.15, 0.2) is 0 Å². The molecule has 0 rings (SSSR count). The Kier molecular flexibility index (Phi) is 6.78. The van der Waals surface area contributed by atoms with Crippen molar-refractivity contribution in [1.82, 2.24) is 0 Å². The minimum Gasteiger partial charge on any atom is -0.444 e. The predicted molar refractivity (Wildman–Crippen MR) is 54.2 cm³/mol. The standard InChI is InChI=1S/C6H8F9O2Si3/c1-16-19(5(10,11)12)3-20(6(13,14)15)17-18(2)4(7,8)9/h3H2,1-2H3. The molecule has 20 heavy (non-hydrogen) atoms. The second-order valence-corrected chi connectivity index (χ2v) is 10.5. The molecule has 0 aromatic heterocycles. The molecular formula is C6H8F9O2Si3. The molecule has 0 aromatic carbocycles. The SMILES string of the molecule is CO[Si](C[Si](O[Si](C)C(F)(F)F)C(F)(F)F)C(F)(F)F. The van der Waals surface area contributed by atoms with Crippen molar-refractivity contribution in [2.24, 2.45) is 0 Å². The Bertz CT molecular complexity index is 302. The van der Waals surface area contributed by atoms with Crippen molar-refractivity contribution in [3.8, 4) is 0 Å². The fraction of sp³-hybridized carbons (Fsp3) is 1.00. The Balaban J connectivity index is 5.01. The van der Waals surface area contributed by atoms with Gasteiger partial charge in [0, 0.05) is 12.8 Å². The van der Waals surface area contributed by atoms with Crippen LogP contribution in [0.4, 0.5) is 39.5 Å². The quantitative estimate of drug-likeness (QED) is 0.549. The first-order chi connectivity index (χ1) is 8.69. The first-order valence-electron chi connectivity index (χ1n) is 4.68. The van der Waals surface area contributed by atoms with E-state index in [1.807, 2.05) is 0 Å². The lowest BCUT2D eigenvalue weighted by Crippen LogP contribution is -2.51. The molecule has 0 saturated heterocycles. The summed E-state index contributed by atoms with van der Waals surface area (Å²) in [6, 6.07) is 0. The molecule has 0 amide bonds. The molecule has 0 unspecified atom stereocenters. The van der Waals surface area contributed by atoms with Crippen LogP contribution in [0.2, 0.25) is 12.2 Å². The van der Waals surface area contributed by atoms with Gasteiger partial charge in [-0.05, 0) is 6.55 Å². The lowest BCUT2D eigenvalue weighted by atomic mass is 11.5. The first kappa shape index (κ1) is 19.9. The van der Waals surface area contributed by atoms with E-state index in [1.54, 1.807) is 0 Å². The van der Waals surface area contributed by atoms with Crippen molar-refractivity contribution in [2.45, 2.75) is 29.6 Å². The summed E-state index contributed by atoms with van der Waals surface area (Å²) < 4.78 is 119. The zero-order chi connectivity index (χ0) is 16.4. The lowest BCUT2D eigenvalue weighted by molar-refractivity contribution is -0.0740. The normalized spacial score (nSPS) is 14.7. The third-order valence-electron chi connectivity index (χ3n) is 1.88. The molecule has 3 radical (unpaired) electrons. The van der Waals surface area contributed by atoms with Gasteiger partial charge in [-0.25, -0.2) is 0 Å².